The van der Waals surface area contributed by atoms with Crippen LogP contribution in [0.25, 0.3) is 0 Å². The number of hydrogen-bond donors (Lipinski definition) is 1. The molecule has 1 aliphatic rings. The summed E-state index contributed by atoms with van der Waals surface area (Å²) in [5, 5.41) is 0. The molecule has 8 heteroatoms. The van der Waals surface area contributed by atoms with Crippen LogP contribution in [0.5, 0.6) is 0 Å². The Kier molecular flexibility index (Phi) is 5.95. The average molecular weight is 419 g/mol. The summed E-state index contributed by atoms with van der Waals surface area (Å²) in [5.74, 6) is -1.01. The molecule has 1 N–H and O–H groups in total. The quantitative estimate of drug-likeness (QED) is 0.525. The van der Waals surface area contributed by atoms with Crippen LogP contribution in [0.15, 0.2) is 29.2 Å². The maximum Gasteiger partial charge on any atom is 0.338 e. The zero-order valence-electron chi connectivity index (χ0n) is 17.1. The van der Waals surface area contributed by atoms with E-state index >= 15 is 0 Å². The highest BCUT2D eigenvalue weighted by atomic mass is 32.2. The van der Waals surface area contributed by atoms with Crippen molar-refractivity contribution in [3.05, 3.63) is 52.3 Å². The highest BCUT2D eigenvalue weighted by Crippen LogP contribution is 2.23. The summed E-state index contributed by atoms with van der Waals surface area (Å²) < 4.78 is 34.6. The Morgan fingerprint density at radius 2 is 1.83 bits per heavy atom. The molecule has 2 aromatic rings. The second kappa shape index (κ2) is 8.12. The molecule has 0 bridgehead atoms. The third-order valence-corrected chi connectivity index (χ3v) is 6.68. The smallest absolute Gasteiger partial charge is 0.338 e. The Morgan fingerprint density at radius 3 is 2.41 bits per heavy atom. The summed E-state index contributed by atoms with van der Waals surface area (Å²) in [6, 6.07) is 6.08. The standard InChI is InChI=1S/C21H26N2O5S/c1-5-23-14(3)10-19(15(23)4)20(24)12-28-21(25)18-11-17(9-6-13(18)2)29(26,27)22-16-7-8-16/h6,9-11,16,22H,5,7-8,12H2,1-4H3. The molecule has 1 saturated carbocycles. The fraction of sp³-hybridized carbons (Fsp3) is 0.429. The first-order valence-electron chi connectivity index (χ1n) is 9.64. The first kappa shape index (κ1) is 21.3. The molecule has 1 aromatic heterocycles. The van der Waals surface area contributed by atoms with E-state index in [1.165, 1.54) is 12.1 Å². The van der Waals surface area contributed by atoms with Crippen molar-refractivity contribution < 1.29 is 22.7 Å². The maximum absolute atomic E-state index is 12.5. The van der Waals surface area contributed by atoms with Gasteiger partial charge in [-0.25, -0.2) is 17.9 Å². The van der Waals surface area contributed by atoms with Gasteiger partial charge in [0, 0.05) is 29.5 Å². The van der Waals surface area contributed by atoms with E-state index in [0.717, 1.165) is 30.8 Å². The molecule has 0 radical (unpaired) electrons. The van der Waals surface area contributed by atoms with E-state index in [0.29, 0.717) is 11.1 Å². The molecule has 0 aliphatic heterocycles. The molecule has 29 heavy (non-hydrogen) atoms. The number of rotatable bonds is 8. The van der Waals surface area contributed by atoms with E-state index in [4.69, 9.17) is 4.74 Å². The minimum atomic E-state index is -3.68. The van der Waals surface area contributed by atoms with Crippen LogP contribution >= 0.6 is 0 Å². The molecule has 0 saturated heterocycles. The van der Waals surface area contributed by atoms with Gasteiger partial charge in [-0.15, -0.1) is 0 Å². The lowest BCUT2D eigenvalue weighted by atomic mass is 10.1. The van der Waals surface area contributed by atoms with E-state index in [2.05, 4.69) is 4.72 Å². The van der Waals surface area contributed by atoms with Gasteiger partial charge >= 0.3 is 5.97 Å². The summed E-state index contributed by atoms with van der Waals surface area (Å²) in [5.41, 5.74) is 3.05. The van der Waals surface area contributed by atoms with Crippen LogP contribution in [0.4, 0.5) is 0 Å². The molecule has 156 valence electrons. The van der Waals surface area contributed by atoms with E-state index in [9.17, 15) is 18.0 Å². The Balaban J connectivity index is 1.73. The minimum Gasteiger partial charge on any atom is -0.454 e. The van der Waals surface area contributed by atoms with Crippen LogP contribution in [0.2, 0.25) is 0 Å². The molecule has 1 aliphatic carbocycles. The molecule has 0 atom stereocenters. The lowest BCUT2D eigenvalue weighted by Gasteiger charge is -2.10. The topological polar surface area (TPSA) is 94.5 Å². The fourth-order valence-corrected chi connectivity index (χ4v) is 4.66. The summed E-state index contributed by atoms with van der Waals surface area (Å²) in [6.45, 7) is 7.82. The lowest BCUT2D eigenvalue weighted by molar-refractivity contribution is 0.0473. The van der Waals surface area contributed by atoms with Crippen molar-refractivity contribution in [1.29, 1.82) is 0 Å². The number of esters is 1. The van der Waals surface area contributed by atoms with Gasteiger partial charge in [0.05, 0.1) is 10.5 Å². The molecule has 0 unspecified atom stereocenters. The number of ether oxygens (including phenoxy) is 1. The van der Waals surface area contributed by atoms with Crippen LogP contribution in [0.3, 0.4) is 0 Å². The van der Waals surface area contributed by atoms with Crippen LogP contribution in [0.1, 0.15) is 57.4 Å². The number of nitrogens with zero attached hydrogens (tertiary/aromatic N) is 1. The first-order chi connectivity index (χ1) is 13.6. The summed E-state index contributed by atoms with van der Waals surface area (Å²) in [4.78, 5) is 25.1. The molecule has 7 nitrogen and oxygen atoms in total. The summed E-state index contributed by atoms with van der Waals surface area (Å²) in [7, 11) is -3.68. The number of Topliss-reactive ketones (excluding diaryl/α,β-unsaturated/α-hetero) is 1. The van der Waals surface area contributed by atoms with E-state index < -0.39 is 22.6 Å². The molecular formula is C21H26N2O5S. The molecule has 3 rings (SSSR count). The number of nitrogens with one attached hydrogen (secondary N) is 1. The third kappa shape index (κ3) is 4.59. The maximum atomic E-state index is 12.5. The highest BCUT2D eigenvalue weighted by molar-refractivity contribution is 7.89. The zero-order chi connectivity index (χ0) is 21.3. The van der Waals surface area contributed by atoms with Crippen LogP contribution in [-0.2, 0) is 21.3 Å². The lowest BCUT2D eigenvalue weighted by Crippen LogP contribution is -2.26. The van der Waals surface area contributed by atoms with Crippen molar-refractivity contribution in [3.63, 3.8) is 0 Å². The molecule has 0 spiro atoms. The Labute approximate surface area is 171 Å². The molecule has 1 aromatic carbocycles. The molecule has 1 heterocycles. The van der Waals surface area contributed by atoms with Gasteiger partial charge in [-0.2, -0.15) is 0 Å². The predicted octanol–water partition coefficient (Wildman–Crippen LogP) is 2.91. The number of benzene rings is 1. The average Bonchev–Trinajstić information content (AvgIpc) is 3.42. The van der Waals surface area contributed by atoms with Crippen molar-refractivity contribution in [2.45, 2.75) is 58.0 Å². The largest absolute Gasteiger partial charge is 0.454 e. The number of sulfonamides is 1. The second-order valence-corrected chi connectivity index (χ2v) is 9.11. The Morgan fingerprint density at radius 1 is 1.14 bits per heavy atom. The van der Waals surface area contributed by atoms with Gasteiger partial charge in [-0.1, -0.05) is 6.07 Å². The van der Waals surface area contributed by atoms with Gasteiger partial charge in [0.2, 0.25) is 15.8 Å². The number of hydrogen-bond acceptors (Lipinski definition) is 5. The number of carbonyl (C=O) groups excluding carboxylic acids is 2. The van der Waals surface area contributed by atoms with Crippen LogP contribution in [0, 0.1) is 20.8 Å². The van der Waals surface area contributed by atoms with Gasteiger partial charge in [-0.3, -0.25) is 4.79 Å². The molecule has 1 fully saturated rings. The molecular weight excluding hydrogens is 392 g/mol. The van der Waals surface area contributed by atoms with E-state index in [-0.39, 0.29) is 22.3 Å². The fourth-order valence-electron chi connectivity index (χ4n) is 3.33. The van der Waals surface area contributed by atoms with E-state index in [1.54, 1.807) is 19.1 Å². The number of carbonyl (C=O) groups is 2. The monoisotopic (exact) mass is 418 g/mol. The van der Waals surface area contributed by atoms with Gasteiger partial charge in [-0.05, 0) is 64.3 Å². The van der Waals surface area contributed by atoms with Crippen LogP contribution < -0.4 is 4.72 Å². The first-order valence-corrected chi connectivity index (χ1v) is 11.1. The SMILES string of the molecule is CCn1c(C)cc(C(=O)COC(=O)c2cc(S(=O)(=O)NC3CC3)ccc2C)c1C. The van der Waals surface area contributed by atoms with Crippen molar-refractivity contribution in [3.8, 4) is 0 Å². The van der Waals surface area contributed by atoms with Gasteiger partial charge < -0.3 is 9.30 Å². The predicted molar refractivity (Wildman–Crippen MR) is 109 cm³/mol. The number of aromatic nitrogens is 1. The van der Waals surface area contributed by atoms with Crippen molar-refractivity contribution in [2.24, 2.45) is 0 Å². The summed E-state index contributed by atoms with van der Waals surface area (Å²) in [6.07, 6.45) is 1.64. The molecule has 0 amide bonds. The van der Waals surface area contributed by atoms with E-state index in [1.807, 2.05) is 25.3 Å². The van der Waals surface area contributed by atoms with Crippen molar-refractivity contribution in [1.82, 2.24) is 9.29 Å². The van der Waals surface area contributed by atoms with Gasteiger partial charge in [0.15, 0.2) is 6.61 Å². The number of ketones is 1. The zero-order valence-corrected chi connectivity index (χ0v) is 17.9. The van der Waals surface area contributed by atoms with Gasteiger partial charge in [0.25, 0.3) is 0 Å². The third-order valence-electron chi connectivity index (χ3n) is 5.16. The van der Waals surface area contributed by atoms with Crippen molar-refractivity contribution >= 4 is 21.8 Å². The van der Waals surface area contributed by atoms with Gasteiger partial charge in [0.1, 0.15) is 0 Å². The second-order valence-electron chi connectivity index (χ2n) is 7.40. The highest BCUT2D eigenvalue weighted by Gasteiger charge is 2.29. The number of aryl methyl sites for hydroxylation is 2. The Hall–Kier alpha value is -2.45. The Bertz CT molecular complexity index is 1060. The summed E-state index contributed by atoms with van der Waals surface area (Å²) >= 11 is 0. The minimum absolute atomic E-state index is 0.0137. The van der Waals surface area contributed by atoms with Crippen molar-refractivity contribution in [2.75, 3.05) is 6.61 Å². The van der Waals surface area contributed by atoms with Crippen LogP contribution in [-0.4, -0.2) is 37.4 Å². The normalized spacial score (nSPS) is 14.1.